The average molecular weight is 963 g/mol. The Hall–Kier alpha value is -9.06. The van der Waals surface area contributed by atoms with Crippen molar-refractivity contribution in [2.75, 3.05) is 9.80 Å². The molecule has 0 atom stereocenters. The van der Waals surface area contributed by atoms with Crippen LogP contribution in [0.4, 0.5) is 22.7 Å². The molecule has 0 saturated heterocycles. The molecule has 2 aliphatic heterocycles. The lowest BCUT2D eigenvalue weighted by Crippen LogP contribution is -2.62. The fourth-order valence-electron chi connectivity index (χ4n) is 11.7. The fraction of sp³-hybridized carbons (Fsp3) is 0.0857. The summed E-state index contributed by atoms with van der Waals surface area (Å²) in [5.41, 5.74) is 26.6. The van der Waals surface area contributed by atoms with Gasteiger partial charge in [0.15, 0.2) is 0 Å². The lowest BCUT2D eigenvalue weighted by Gasteiger charge is -2.46. The van der Waals surface area contributed by atoms with Crippen LogP contribution < -0.4 is 26.2 Å². The minimum absolute atomic E-state index is 0.106. The summed E-state index contributed by atoms with van der Waals surface area (Å²) in [5.74, 6) is 0. The third-order valence-electron chi connectivity index (χ3n) is 15.4. The molecule has 75 heavy (non-hydrogen) atoms. The van der Waals surface area contributed by atoms with Gasteiger partial charge in [-0.05, 0) is 142 Å². The SMILES string of the molecule is CC(C)(C)c1cc2c3c(c1)N(Cc1c(-c4ccccc4)cccc1-c1ccccc1)c1ccc(-c4cccnc4)cc1B3c1cc(-c3cccnc3)ccc1N2Cc1c(-c2ccccc2)cccc1-c1ccccc1. The molecule has 9 aromatic carbocycles. The first-order valence-electron chi connectivity index (χ1n) is 26.1. The van der Waals surface area contributed by atoms with Gasteiger partial charge in [0.25, 0.3) is 6.71 Å². The van der Waals surface area contributed by atoms with E-state index in [1.807, 2.05) is 36.9 Å². The third-order valence-corrected chi connectivity index (χ3v) is 15.4. The highest BCUT2D eigenvalue weighted by Crippen LogP contribution is 2.46. The molecular weight excluding hydrogens is 908 g/mol. The Morgan fingerprint density at radius 3 is 1.04 bits per heavy atom. The predicted octanol–water partition coefficient (Wildman–Crippen LogP) is 15.6. The summed E-state index contributed by atoms with van der Waals surface area (Å²) in [6, 6.07) is 85.2. The molecular formula is C70H55BN4. The number of nitrogens with zero attached hydrogens (tertiary/aromatic N) is 4. The van der Waals surface area contributed by atoms with E-state index < -0.39 is 0 Å². The van der Waals surface area contributed by atoms with Crippen LogP contribution in [0.1, 0.15) is 37.5 Å². The maximum Gasteiger partial charge on any atom is 0.252 e. The van der Waals surface area contributed by atoms with E-state index in [1.54, 1.807) is 0 Å². The van der Waals surface area contributed by atoms with Gasteiger partial charge >= 0.3 is 0 Å². The maximum absolute atomic E-state index is 4.62. The quantitative estimate of drug-likeness (QED) is 0.128. The first-order chi connectivity index (χ1) is 36.9. The maximum atomic E-state index is 4.62. The molecule has 5 heteroatoms. The van der Waals surface area contributed by atoms with Crippen LogP contribution in [0.5, 0.6) is 0 Å². The zero-order chi connectivity index (χ0) is 50.5. The zero-order valence-electron chi connectivity index (χ0n) is 42.5. The number of pyridine rings is 2. The monoisotopic (exact) mass is 962 g/mol. The molecule has 4 nitrogen and oxygen atoms in total. The van der Waals surface area contributed by atoms with Crippen LogP contribution in [-0.4, -0.2) is 16.7 Å². The van der Waals surface area contributed by atoms with Gasteiger partial charge in [0.2, 0.25) is 0 Å². The van der Waals surface area contributed by atoms with Gasteiger partial charge in [-0.1, -0.05) is 215 Å². The minimum atomic E-state index is -0.179. The molecule has 2 aliphatic rings. The Kier molecular flexibility index (Phi) is 11.7. The average Bonchev–Trinajstić information content (AvgIpc) is 3.48. The van der Waals surface area contributed by atoms with Crippen molar-refractivity contribution in [1.29, 1.82) is 0 Å². The molecule has 0 unspecified atom stereocenters. The van der Waals surface area contributed by atoms with Gasteiger partial charge in [-0.2, -0.15) is 0 Å². The smallest absolute Gasteiger partial charge is 0.252 e. The Labute approximate surface area is 441 Å². The Balaban J connectivity index is 1.12. The third kappa shape index (κ3) is 8.41. The van der Waals surface area contributed by atoms with Crippen molar-refractivity contribution in [1.82, 2.24) is 9.97 Å². The molecule has 0 N–H and O–H groups in total. The Morgan fingerprint density at radius 2 is 0.707 bits per heavy atom. The lowest BCUT2D eigenvalue weighted by atomic mass is 9.33. The molecule has 0 saturated carbocycles. The molecule has 0 amide bonds. The normalized spacial score (nSPS) is 12.5. The van der Waals surface area contributed by atoms with Crippen molar-refractivity contribution >= 4 is 45.9 Å². The van der Waals surface area contributed by atoms with Gasteiger partial charge in [-0.15, -0.1) is 0 Å². The van der Waals surface area contributed by atoms with Crippen LogP contribution >= 0.6 is 0 Å². The number of hydrogen-bond donors (Lipinski definition) is 0. The second kappa shape index (κ2) is 19.1. The largest absolute Gasteiger partial charge is 0.338 e. The van der Waals surface area contributed by atoms with Gasteiger partial charge in [0.05, 0.1) is 0 Å². The van der Waals surface area contributed by atoms with E-state index in [-0.39, 0.29) is 12.1 Å². The fourth-order valence-corrected chi connectivity index (χ4v) is 11.7. The summed E-state index contributed by atoms with van der Waals surface area (Å²) in [7, 11) is 0. The van der Waals surface area contributed by atoms with Crippen molar-refractivity contribution in [2.45, 2.75) is 39.3 Å². The van der Waals surface area contributed by atoms with Crippen molar-refractivity contribution in [3.8, 4) is 66.8 Å². The van der Waals surface area contributed by atoms with Crippen LogP contribution in [0.3, 0.4) is 0 Å². The number of fused-ring (bicyclic) bond motifs is 4. The van der Waals surface area contributed by atoms with Crippen molar-refractivity contribution in [2.24, 2.45) is 0 Å². The molecule has 358 valence electrons. The van der Waals surface area contributed by atoms with Crippen LogP contribution in [0.15, 0.2) is 255 Å². The van der Waals surface area contributed by atoms with Crippen LogP contribution in [0, 0.1) is 0 Å². The highest BCUT2D eigenvalue weighted by atomic mass is 15.2. The summed E-state index contributed by atoms with van der Waals surface area (Å²) in [5, 5.41) is 0. The highest BCUT2D eigenvalue weighted by molar-refractivity contribution is 7.00. The zero-order valence-corrected chi connectivity index (χ0v) is 42.5. The molecule has 0 aliphatic carbocycles. The first-order valence-corrected chi connectivity index (χ1v) is 26.1. The number of anilines is 4. The molecule has 0 fully saturated rings. The number of aromatic nitrogens is 2. The lowest BCUT2D eigenvalue weighted by molar-refractivity contribution is 0.590. The molecule has 0 radical (unpaired) electrons. The van der Waals surface area contributed by atoms with Gasteiger partial charge in [-0.3, -0.25) is 9.97 Å². The van der Waals surface area contributed by atoms with E-state index in [0.717, 1.165) is 22.3 Å². The second-order valence-electron chi connectivity index (χ2n) is 20.9. The van der Waals surface area contributed by atoms with Crippen LogP contribution in [0.2, 0.25) is 0 Å². The van der Waals surface area contributed by atoms with Gasteiger partial charge in [0.1, 0.15) is 0 Å². The van der Waals surface area contributed by atoms with Gasteiger partial charge in [0, 0.05) is 60.6 Å². The van der Waals surface area contributed by atoms with E-state index in [1.165, 1.54) is 100 Å². The summed E-state index contributed by atoms with van der Waals surface area (Å²) in [4.78, 5) is 14.6. The summed E-state index contributed by atoms with van der Waals surface area (Å²) in [6.07, 6.45) is 7.70. The summed E-state index contributed by atoms with van der Waals surface area (Å²) >= 11 is 0. The van der Waals surface area contributed by atoms with Gasteiger partial charge < -0.3 is 9.80 Å². The predicted molar refractivity (Wildman–Crippen MR) is 315 cm³/mol. The van der Waals surface area contributed by atoms with E-state index >= 15 is 0 Å². The molecule has 11 aromatic rings. The number of rotatable bonds is 10. The molecule has 0 spiro atoms. The van der Waals surface area contributed by atoms with E-state index in [2.05, 4.69) is 259 Å². The van der Waals surface area contributed by atoms with Crippen molar-refractivity contribution in [3.63, 3.8) is 0 Å². The van der Waals surface area contributed by atoms with Crippen LogP contribution in [0.25, 0.3) is 66.8 Å². The Morgan fingerprint density at radius 1 is 0.347 bits per heavy atom. The first kappa shape index (κ1) is 45.8. The number of benzene rings is 9. The second-order valence-corrected chi connectivity index (χ2v) is 20.9. The van der Waals surface area contributed by atoms with E-state index in [9.17, 15) is 0 Å². The standard InChI is InChI=1S/C70H55BN4/c1-70(2,3)56-42-67-69-68(43-56)75(47-62-59(50-24-12-6-13-25-50)32-17-33-60(62)51-26-14-7-15-27-51)66-37-35-53(55-29-19-39-73-45-55)41-64(66)71(69)63-40-52(54-28-18-38-72-44-54)34-36-65(63)74(67)46-61-57(48-20-8-4-9-21-48)30-16-31-58(61)49-22-10-5-11-23-49/h4-45H,46-47H2,1-3H3. The molecule has 0 bridgehead atoms. The minimum Gasteiger partial charge on any atom is -0.338 e. The molecule has 2 aromatic heterocycles. The molecule has 13 rings (SSSR count). The van der Waals surface area contributed by atoms with Gasteiger partial charge in [-0.25, -0.2) is 0 Å². The summed E-state index contributed by atoms with van der Waals surface area (Å²) < 4.78 is 0. The number of hydrogen-bond acceptors (Lipinski definition) is 4. The Bertz CT molecular complexity index is 3500. The topological polar surface area (TPSA) is 32.3 Å². The highest BCUT2D eigenvalue weighted by Gasteiger charge is 2.44. The van der Waals surface area contributed by atoms with Crippen molar-refractivity contribution < 1.29 is 0 Å². The summed E-state index contributed by atoms with van der Waals surface area (Å²) in [6.45, 7) is 8.25. The van der Waals surface area contributed by atoms with E-state index in [0.29, 0.717) is 13.1 Å². The van der Waals surface area contributed by atoms with Crippen molar-refractivity contribution in [3.05, 3.63) is 272 Å². The van der Waals surface area contributed by atoms with E-state index in [4.69, 9.17) is 0 Å². The molecule has 4 heterocycles. The van der Waals surface area contributed by atoms with Crippen LogP contribution in [-0.2, 0) is 18.5 Å².